The first-order valence-electron chi connectivity index (χ1n) is 6.72. The van der Waals surface area contributed by atoms with Gasteiger partial charge in [-0.25, -0.2) is 4.79 Å². The molecule has 0 bridgehead atoms. The number of rotatable bonds is 7. The fraction of sp³-hybridized carbons (Fsp3) is 0.333. The highest BCUT2D eigenvalue weighted by Gasteiger charge is 2.09. The van der Waals surface area contributed by atoms with Crippen molar-refractivity contribution < 1.29 is 14.6 Å². The summed E-state index contributed by atoms with van der Waals surface area (Å²) in [7, 11) is 0. The van der Waals surface area contributed by atoms with E-state index in [1.54, 1.807) is 0 Å². The van der Waals surface area contributed by atoms with Gasteiger partial charge < -0.3 is 9.84 Å². The average Bonchev–Trinajstić information content (AvgIpc) is 2.94. The van der Waals surface area contributed by atoms with Gasteiger partial charge in [-0.2, -0.15) is 5.10 Å². The number of hydrogen-bond donors (Lipinski definition) is 2. The van der Waals surface area contributed by atoms with Gasteiger partial charge in [0.2, 0.25) is 0 Å². The number of aromatic amines is 1. The molecule has 2 aromatic rings. The Morgan fingerprint density at radius 1 is 1.30 bits per heavy atom. The normalized spacial score (nSPS) is 10.4. The highest BCUT2D eigenvalue weighted by molar-refractivity contribution is 5.86. The van der Waals surface area contributed by atoms with Crippen molar-refractivity contribution in [3.05, 3.63) is 36.0 Å². The Kier molecular flexibility index (Phi) is 4.76. The molecule has 5 nitrogen and oxygen atoms in total. The van der Waals surface area contributed by atoms with Gasteiger partial charge in [0.05, 0.1) is 12.3 Å². The Balaban J connectivity index is 1.98. The minimum absolute atomic E-state index is 0.0832. The van der Waals surface area contributed by atoms with Crippen molar-refractivity contribution in [3.8, 4) is 17.0 Å². The van der Waals surface area contributed by atoms with E-state index in [2.05, 4.69) is 17.1 Å². The van der Waals surface area contributed by atoms with Gasteiger partial charge in [-0.1, -0.05) is 19.8 Å². The molecule has 0 aliphatic heterocycles. The summed E-state index contributed by atoms with van der Waals surface area (Å²) in [6, 6.07) is 9.00. The minimum atomic E-state index is -1.01. The zero-order valence-electron chi connectivity index (χ0n) is 11.4. The molecule has 1 aromatic heterocycles. The van der Waals surface area contributed by atoms with Crippen LogP contribution in [0.3, 0.4) is 0 Å². The number of aromatic nitrogens is 2. The minimum Gasteiger partial charge on any atom is -0.494 e. The zero-order chi connectivity index (χ0) is 14.4. The lowest BCUT2D eigenvalue weighted by atomic mass is 10.1. The number of H-pyrrole nitrogens is 1. The average molecular weight is 274 g/mol. The van der Waals surface area contributed by atoms with Crippen LogP contribution in [0.15, 0.2) is 30.3 Å². The largest absolute Gasteiger partial charge is 0.494 e. The molecule has 0 aliphatic rings. The molecule has 1 heterocycles. The number of hydrogen-bond acceptors (Lipinski definition) is 3. The third-order valence-corrected chi connectivity index (χ3v) is 2.97. The number of carboxylic acid groups (broad SMARTS) is 1. The predicted molar refractivity (Wildman–Crippen MR) is 76.0 cm³/mol. The zero-order valence-corrected chi connectivity index (χ0v) is 11.4. The molecule has 0 radical (unpaired) electrons. The van der Waals surface area contributed by atoms with Crippen LogP contribution in [0, 0.1) is 0 Å². The molecular weight excluding hydrogens is 256 g/mol. The summed E-state index contributed by atoms with van der Waals surface area (Å²) in [5, 5.41) is 15.3. The lowest BCUT2D eigenvalue weighted by Crippen LogP contribution is -1.96. The molecule has 0 unspecified atom stereocenters. The SMILES string of the molecule is CCCCCOc1ccc(-c2cc(C(=O)O)[nH]n2)cc1. The maximum absolute atomic E-state index is 10.8. The molecule has 5 heteroatoms. The van der Waals surface area contributed by atoms with Gasteiger partial charge in [0.1, 0.15) is 11.4 Å². The molecule has 0 aliphatic carbocycles. The van der Waals surface area contributed by atoms with E-state index in [1.165, 1.54) is 18.9 Å². The van der Waals surface area contributed by atoms with Crippen molar-refractivity contribution in [2.45, 2.75) is 26.2 Å². The first-order valence-corrected chi connectivity index (χ1v) is 6.72. The number of nitrogens with zero attached hydrogens (tertiary/aromatic N) is 1. The van der Waals surface area contributed by atoms with Crippen molar-refractivity contribution in [1.29, 1.82) is 0 Å². The second kappa shape index (κ2) is 6.75. The number of ether oxygens (including phenoxy) is 1. The second-order valence-corrected chi connectivity index (χ2v) is 4.55. The van der Waals surface area contributed by atoms with Crippen LogP contribution in [0.4, 0.5) is 0 Å². The van der Waals surface area contributed by atoms with Crippen molar-refractivity contribution in [2.24, 2.45) is 0 Å². The smallest absolute Gasteiger partial charge is 0.353 e. The molecule has 1 aromatic carbocycles. The molecule has 0 amide bonds. The second-order valence-electron chi connectivity index (χ2n) is 4.55. The van der Waals surface area contributed by atoms with E-state index in [1.807, 2.05) is 24.3 Å². The van der Waals surface area contributed by atoms with Gasteiger partial charge in [0.25, 0.3) is 0 Å². The third kappa shape index (κ3) is 3.60. The van der Waals surface area contributed by atoms with Crippen LogP contribution in [0.25, 0.3) is 11.3 Å². The number of aromatic carboxylic acids is 1. The Labute approximate surface area is 117 Å². The number of carbonyl (C=O) groups is 1. The molecule has 0 saturated carbocycles. The first-order chi connectivity index (χ1) is 9.70. The summed E-state index contributed by atoms with van der Waals surface area (Å²) in [5.41, 5.74) is 1.55. The summed E-state index contributed by atoms with van der Waals surface area (Å²) < 4.78 is 5.62. The maximum Gasteiger partial charge on any atom is 0.353 e. The highest BCUT2D eigenvalue weighted by Crippen LogP contribution is 2.21. The number of carboxylic acids is 1. The first kappa shape index (κ1) is 14.1. The van der Waals surface area contributed by atoms with E-state index in [0.717, 1.165) is 24.3 Å². The van der Waals surface area contributed by atoms with Crippen LogP contribution in [-0.4, -0.2) is 27.9 Å². The standard InChI is InChI=1S/C15H18N2O3/c1-2-3-4-9-20-12-7-5-11(6-8-12)13-10-14(15(18)19)17-16-13/h5-8,10H,2-4,9H2,1H3,(H,16,17)(H,18,19). The molecule has 0 atom stereocenters. The molecule has 0 saturated heterocycles. The van der Waals surface area contributed by atoms with E-state index in [-0.39, 0.29) is 5.69 Å². The van der Waals surface area contributed by atoms with Crippen LogP contribution in [-0.2, 0) is 0 Å². The van der Waals surface area contributed by atoms with E-state index < -0.39 is 5.97 Å². The van der Waals surface area contributed by atoms with Gasteiger partial charge in [-0.05, 0) is 36.8 Å². The Hall–Kier alpha value is -2.30. The monoisotopic (exact) mass is 274 g/mol. The quantitative estimate of drug-likeness (QED) is 0.759. The fourth-order valence-electron chi connectivity index (χ4n) is 1.84. The molecule has 20 heavy (non-hydrogen) atoms. The molecule has 2 N–H and O–H groups in total. The van der Waals surface area contributed by atoms with Gasteiger partial charge >= 0.3 is 5.97 Å². The van der Waals surface area contributed by atoms with E-state index in [0.29, 0.717) is 5.69 Å². The third-order valence-electron chi connectivity index (χ3n) is 2.97. The Bertz CT molecular complexity index is 561. The van der Waals surface area contributed by atoms with E-state index >= 15 is 0 Å². The number of unbranched alkanes of at least 4 members (excludes halogenated alkanes) is 2. The maximum atomic E-state index is 10.8. The summed E-state index contributed by atoms with van der Waals surface area (Å²) >= 11 is 0. The molecule has 0 fully saturated rings. The molecular formula is C15H18N2O3. The van der Waals surface area contributed by atoms with Gasteiger partial charge in [-0.15, -0.1) is 0 Å². The van der Waals surface area contributed by atoms with Crippen molar-refractivity contribution in [2.75, 3.05) is 6.61 Å². The number of benzene rings is 1. The van der Waals surface area contributed by atoms with Crippen molar-refractivity contribution in [3.63, 3.8) is 0 Å². The van der Waals surface area contributed by atoms with Gasteiger partial charge in [-0.3, -0.25) is 5.10 Å². The predicted octanol–water partition coefficient (Wildman–Crippen LogP) is 3.34. The van der Waals surface area contributed by atoms with E-state index in [4.69, 9.17) is 9.84 Å². The van der Waals surface area contributed by atoms with Gasteiger partial charge in [0.15, 0.2) is 0 Å². The van der Waals surface area contributed by atoms with Gasteiger partial charge in [0, 0.05) is 5.56 Å². The molecule has 106 valence electrons. The molecule has 0 spiro atoms. The van der Waals surface area contributed by atoms with Crippen LogP contribution in [0.2, 0.25) is 0 Å². The van der Waals surface area contributed by atoms with Crippen LogP contribution in [0.1, 0.15) is 36.7 Å². The topological polar surface area (TPSA) is 75.2 Å². The van der Waals surface area contributed by atoms with E-state index in [9.17, 15) is 4.79 Å². The highest BCUT2D eigenvalue weighted by atomic mass is 16.5. The molecule has 2 rings (SSSR count). The number of nitrogens with one attached hydrogen (secondary N) is 1. The Morgan fingerprint density at radius 2 is 2.05 bits per heavy atom. The lowest BCUT2D eigenvalue weighted by Gasteiger charge is -2.05. The van der Waals surface area contributed by atoms with Crippen LogP contribution < -0.4 is 4.74 Å². The van der Waals surface area contributed by atoms with Crippen LogP contribution >= 0.6 is 0 Å². The van der Waals surface area contributed by atoms with Crippen LogP contribution in [0.5, 0.6) is 5.75 Å². The summed E-state index contributed by atoms with van der Waals surface area (Å²) in [4.78, 5) is 10.8. The Morgan fingerprint density at radius 3 is 2.65 bits per heavy atom. The van der Waals surface area contributed by atoms with Crippen molar-refractivity contribution in [1.82, 2.24) is 10.2 Å². The summed E-state index contributed by atoms with van der Waals surface area (Å²) in [6.45, 7) is 2.88. The summed E-state index contributed by atoms with van der Waals surface area (Å²) in [6.07, 6.45) is 3.40. The lowest BCUT2D eigenvalue weighted by molar-refractivity contribution is 0.0690. The van der Waals surface area contributed by atoms with Crippen molar-refractivity contribution >= 4 is 5.97 Å². The fourth-order valence-corrected chi connectivity index (χ4v) is 1.84. The summed E-state index contributed by atoms with van der Waals surface area (Å²) in [5.74, 6) is -0.196.